The SMILES string of the molecule is O=C(c1ccnc2ccccc12)N1CC=CCC1. The van der Waals surface area contributed by atoms with E-state index >= 15 is 0 Å². The lowest BCUT2D eigenvalue weighted by Gasteiger charge is -2.23. The molecule has 90 valence electrons. The molecule has 0 fully saturated rings. The lowest BCUT2D eigenvalue weighted by Crippen LogP contribution is -2.33. The minimum Gasteiger partial charge on any atom is -0.335 e. The Hall–Kier alpha value is -2.16. The van der Waals surface area contributed by atoms with Crippen LogP contribution in [0.2, 0.25) is 0 Å². The molecule has 2 aromatic rings. The molecule has 0 aliphatic carbocycles. The third-order valence-electron chi connectivity index (χ3n) is 3.22. The zero-order valence-electron chi connectivity index (χ0n) is 10.0. The van der Waals surface area contributed by atoms with Crippen molar-refractivity contribution in [1.82, 2.24) is 9.88 Å². The number of aromatic nitrogens is 1. The van der Waals surface area contributed by atoms with E-state index in [1.54, 1.807) is 6.20 Å². The highest BCUT2D eigenvalue weighted by molar-refractivity contribution is 6.06. The number of rotatable bonds is 1. The predicted molar refractivity (Wildman–Crippen MR) is 71.4 cm³/mol. The Morgan fingerprint density at radius 3 is 2.89 bits per heavy atom. The average molecular weight is 238 g/mol. The molecule has 0 saturated carbocycles. The molecule has 3 heteroatoms. The van der Waals surface area contributed by atoms with E-state index in [1.165, 1.54) is 0 Å². The maximum absolute atomic E-state index is 12.5. The van der Waals surface area contributed by atoms with Crippen LogP contribution in [0.5, 0.6) is 0 Å². The Kier molecular flexibility index (Phi) is 2.81. The molecule has 2 heterocycles. The average Bonchev–Trinajstić information content (AvgIpc) is 2.47. The Balaban J connectivity index is 2.03. The van der Waals surface area contributed by atoms with Crippen molar-refractivity contribution in [3.05, 3.63) is 54.2 Å². The number of fused-ring (bicyclic) bond motifs is 1. The standard InChI is InChI=1S/C15H14N2O/c18-15(17-10-4-1-5-11-17)13-8-9-16-14-7-3-2-6-12(13)14/h1-4,6-9H,5,10-11H2. The topological polar surface area (TPSA) is 33.2 Å². The molecule has 1 amide bonds. The second kappa shape index (κ2) is 4.61. The molecule has 0 radical (unpaired) electrons. The second-order valence-electron chi connectivity index (χ2n) is 4.39. The van der Waals surface area contributed by atoms with E-state index < -0.39 is 0 Å². The summed E-state index contributed by atoms with van der Waals surface area (Å²) in [6, 6.07) is 9.57. The van der Waals surface area contributed by atoms with Crippen LogP contribution in [-0.4, -0.2) is 28.9 Å². The van der Waals surface area contributed by atoms with Crippen LogP contribution in [0.25, 0.3) is 10.9 Å². The highest BCUT2D eigenvalue weighted by atomic mass is 16.2. The predicted octanol–water partition coefficient (Wildman–Crippen LogP) is 2.64. The van der Waals surface area contributed by atoms with Gasteiger partial charge in [0.15, 0.2) is 0 Å². The van der Waals surface area contributed by atoms with Crippen molar-refractivity contribution in [3.63, 3.8) is 0 Å². The van der Waals surface area contributed by atoms with Gasteiger partial charge in [0, 0.05) is 24.7 Å². The second-order valence-corrected chi connectivity index (χ2v) is 4.39. The summed E-state index contributed by atoms with van der Waals surface area (Å²) >= 11 is 0. The van der Waals surface area contributed by atoms with Gasteiger partial charge in [-0.15, -0.1) is 0 Å². The monoisotopic (exact) mass is 238 g/mol. The van der Waals surface area contributed by atoms with Gasteiger partial charge < -0.3 is 4.90 Å². The van der Waals surface area contributed by atoms with Gasteiger partial charge in [0.05, 0.1) is 11.1 Å². The van der Waals surface area contributed by atoms with E-state index in [9.17, 15) is 4.79 Å². The minimum atomic E-state index is 0.0953. The quantitative estimate of drug-likeness (QED) is 0.715. The highest BCUT2D eigenvalue weighted by Crippen LogP contribution is 2.18. The fourth-order valence-electron chi connectivity index (χ4n) is 2.28. The van der Waals surface area contributed by atoms with Crippen molar-refractivity contribution in [1.29, 1.82) is 0 Å². The number of para-hydroxylation sites is 1. The summed E-state index contributed by atoms with van der Waals surface area (Å²) in [5.74, 6) is 0.0953. The van der Waals surface area contributed by atoms with Crippen LogP contribution < -0.4 is 0 Å². The van der Waals surface area contributed by atoms with Crippen LogP contribution in [0.4, 0.5) is 0 Å². The Labute approximate surface area is 106 Å². The molecular formula is C15H14N2O. The van der Waals surface area contributed by atoms with Crippen molar-refractivity contribution >= 4 is 16.8 Å². The number of hydrogen-bond acceptors (Lipinski definition) is 2. The van der Waals surface area contributed by atoms with Crippen LogP contribution in [0.3, 0.4) is 0 Å². The lowest BCUT2D eigenvalue weighted by molar-refractivity contribution is 0.0773. The number of benzene rings is 1. The summed E-state index contributed by atoms with van der Waals surface area (Å²) in [6.07, 6.45) is 6.81. The summed E-state index contributed by atoms with van der Waals surface area (Å²) in [7, 11) is 0. The van der Waals surface area contributed by atoms with Crippen LogP contribution in [-0.2, 0) is 0 Å². The maximum Gasteiger partial charge on any atom is 0.254 e. The first-order valence-corrected chi connectivity index (χ1v) is 6.14. The van der Waals surface area contributed by atoms with Gasteiger partial charge in [-0.25, -0.2) is 0 Å². The molecule has 1 aliphatic rings. The molecule has 1 aromatic heterocycles. The van der Waals surface area contributed by atoms with Crippen molar-refractivity contribution in [2.45, 2.75) is 6.42 Å². The van der Waals surface area contributed by atoms with Gasteiger partial charge in [0.1, 0.15) is 0 Å². The summed E-state index contributed by atoms with van der Waals surface area (Å²) in [4.78, 5) is 18.6. The molecule has 3 nitrogen and oxygen atoms in total. The Morgan fingerprint density at radius 1 is 1.17 bits per heavy atom. The molecule has 0 saturated heterocycles. The van der Waals surface area contributed by atoms with E-state index in [0.29, 0.717) is 6.54 Å². The van der Waals surface area contributed by atoms with Crippen LogP contribution in [0.1, 0.15) is 16.8 Å². The van der Waals surface area contributed by atoms with E-state index in [1.807, 2.05) is 41.3 Å². The number of nitrogens with zero attached hydrogens (tertiary/aromatic N) is 2. The van der Waals surface area contributed by atoms with Gasteiger partial charge in [0.2, 0.25) is 0 Å². The van der Waals surface area contributed by atoms with Crippen molar-refractivity contribution in [3.8, 4) is 0 Å². The number of carbonyl (C=O) groups is 1. The molecule has 1 aliphatic heterocycles. The molecule has 0 unspecified atom stereocenters. The molecule has 0 atom stereocenters. The zero-order valence-corrected chi connectivity index (χ0v) is 10.0. The first-order chi connectivity index (χ1) is 8.86. The fraction of sp³-hybridized carbons (Fsp3) is 0.200. The molecule has 1 aromatic carbocycles. The normalized spacial score (nSPS) is 15.0. The molecule has 0 N–H and O–H groups in total. The molecule has 0 bridgehead atoms. The largest absolute Gasteiger partial charge is 0.335 e. The molecule has 3 rings (SSSR count). The van der Waals surface area contributed by atoms with Crippen molar-refractivity contribution in [2.75, 3.05) is 13.1 Å². The third-order valence-corrected chi connectivity index (χ3v) is 3.22. The summed E-state index contributed by atoms with van der Waals surface area (Å²) < 4.78 is 0. The fourth-order valence-corrected chi connectivity index (χ4v) is 2.28. The van der Waals surface area contributed by atoms with Gasteiger partial charge in [-0.3, -0.25) is 9.78 Å². The number of amides is 1. The smallest absolute Gasteiger partial charge is 0.254 e. The Bertz CT molecular complexity index is 613. The van der Waals surface area contributed by atoms with Crippen molar-refractivity contribution in [2.24, 2.45) is 0 Å². The van der Waals surface area contributed by atoms with Crippen molar-refractivity contribution < 1.29 is 4.79 Å². The third kappa shape index (κ3) is 1.88. The minimum absolute atomic E-state index is 0.0953. The van der Waals surface area contributed by atoms with Gasteiger partial charge >= 0.3 is 0 Å². The summed E-state index contributed by atoms with van der Waals surface area (Å²) in [5, 5.41) is 0.930. The van der Waals surface area contributed by atoms with Gasteiger partial charge in [0.25, 0.3) is 5.91 Å². The van der Waals surface area contributed by atoms with Crippen LogP contribution in [0.15, 0.2) is 48.7 Å². The van der Waals surface area contributed by atoms with Crippen LogP contribution >= 0.6 is 0 Å². The van der Waals surface area contributed by atoms with Gasteiger partial charge in [-0.1, -0.05) is 30.4 Å². The molecule has 18 heavy (non-hydrogen) atoms. The van der Waals surface area contributed by atoms with E-state index in [4.69, 9.17) is 0 Å². The summed E-state index contributed by atoms with van der Waals surface area (Å²) in [5.41, 5.74) is 1.62. The van der Waals surface area contributed by atoms with E-state index in [0.717, 1.165) is 29.4 Å². The van der Waals surface area contributed by atoms with Crippen LogP contribution in [0, 0.1) is 0 Å². The number of pyridine rings is 1. The molecule has 0 spiro atoms. The first kappa shape index (κ1) is 11.0. The van der Waals surface area contributed by atoms with E-state index in [-0.39, 0.29) is 5.91 Å². The van der Waals surface area contributed by atoms with Gasteiger partial charge in [-0.2, -0.15) is 0 Å². The zero-order chi connectivity index (χ0) is 12.4. The Morgan fingerprint density at radius 2 is 2.06 bits per heavy atom. The molecular weight excluding hydrogens is 224 g/mol. The number of hydrogen-bond donors (Lipinski definition) is 0. The maximum atomic E-state index is 12.5. The van der Waals surface area contributed by atoms with Gasteiger partial charge in [-0.05, 0) is 18.6 Å². The number of carbonyl (C=O) groups excluding carboxylic acids is 1. The lowest BCUT2D eigenvalue weighted by atomic mass is 10.1. The summed E-state index contributed by atoms with van der Waals surface area (Å²) in [6.45, 7) is 1.50. The first-order valence-electron chi connectivity index (χ1n) is 6.14. The highest BCUT2D eigenvalue weighted by Gasteiger charge is 2.17. The van der Waals surface area contributed by atoms with E-state index in [2.05, 4.69) is 11.1 Å².